The lowest BCUT2D eigenvalue weighted by molar-refractivity contribution is 0.0206. The number of carbonyl (C=O) groups is 2. The summed E-state index contributed by atoms with van der Waals surface area (Å²) in [6.07, 6.45) is -2.65. The zero-order valence-electron chi connectivity index (χ0n) is 22.1. The highest BCUT2D eigenvalue weighted by Crippen LogP contribution is 2.27. The van der Waals surface area contributed by atoms with Crippen LogP contribution in [0.15, 0.2) is 41.5 Å². The van der Waals surface area contributed by atoms with Gasteiger partial charge in [0.1, 0.15) is 12.2 Å². The number of rotatable bonds is 2. The standard InChI is InChI=1S/C19H24N2O4/c1-19(2,3)25-18(23)21-11-16(12-21)15-9-20(10-15)17(22)24-13-14-7-5-4-6-8-14/h4-8H,9-13H2,1-3H3/i9D2,10D2,11D2,12D2. The number of likely N-dealkylation sites (tertiary alicyclic amines) is 2. The molecule has 2 heterocycles. The largest absolute Gasteiger partial charge is 0.445 e. The summed E-state index contributed by atoms with van der Waals surface area (Å²) in [5, 5.41) is 0. The molecule has 0 N–H and O–H groups in total. The molecule has 2 fully saturated rings. The normalized spacial score (nSPS) is 29.7. The fourth-order valence-corrected chi connectivity index (χ4v) is 1.94. The minimum Gasteiger partial charge on any atom is -0.445 e. The number of amides is 2. The molecule has 2 saturated heterocycles. The molecule has 2 amide bonds. The molecule has 0 saturated carbocycles. The van der Waals surface area contributed by atoms with Crippen molar-refractivity contribution in [1.82, 2.24) is 9.80 Å². The summed E-state index contributed by atoms with van der Waals surface area (Å²) in [4.78, 5) is 25.2. The lowest BCUT2D eigenvalue weighted by Gasteiger charge is -2.42. The molecule has 1 aromatic rings. The third kappa shape index (κ3) is 4.32. The maximum absolute atomic E-state index is 12.5. The van der Waals surface area contributed by atoms with Gasteiger partial charge in [-0.05, 0) is 37.5 Å². The number of benzene rings is 1. The number of carbonyl (C=O) groups excluding carboxylic acids is 2. The molecule has 2 aliphatic rings. The van der Waals surface area contributed by atoms with Gasteiger partial charge in [0, 0.05) is 26.0 Å². The molecule has 3 rings (SSSR count). The van der Waals surface area contributed by atoms with Crippen LogP contribution in [0.2, 0.25) is 0 Å². The second-order valence-electron chi connectivity index (χ2n) is 6.39. The summed E-state index contributed by atoms with van der Waals surface area (Å²) in [5.74, 6) is 0. The Morgan fingerprint density at radius 3 is 2.04 bits per heavy atom. The molecule has 0 atom stereocenters. The Balaban J connectivity index is 1.90. The van der Waals surface area contributed by atoms with Gasteiger partial charge in [0.25, 0.3) is 0 Å². The summed E-state index contributed by atoms with van der Waals surface area (Å²) >= 11 is 0. The number of nitrogens with zero attached hydrogens (tertiary/aromatic N) is 2. The van der Waals surface area contributed by atoms with Crippen molar-refractivity contribution in [3.05, 3.63) is 47.0 Å². The third-order valence-electron chi connectivity index (χ3n) is 3.11. The highest BCUT2D eigenvalue weighted by Gasteiger charge is 2.36. The second-order valence-corrected chi connectivity index (χ2v) is 6.39. The van der Waals surface area contributed by atoms with Crippen LogP contribution in [0, 0.1) is 0 Å². The van der Waals surface area contributed by atoms with Crippen molar-refractivity contribution >= 4 is 12.2 Å². The number of hydrogen-bond acceptors (Lipinski definition) is 4. The lowest BCUT2D eigenvalue weighted by Crippen LogP contribution is -2.52. The summed E-state index contributed by atoms with van der Waals surface area (Å²) < 4.78 is 75.7. The maximum Gasteiger partial charge on any atom is 0.410 e. The van der Waals surface area contributed by atoms with Crippen molar-refractivity contribution in [1.29, 1.82) is 0 Å². The molecule has 0 unspecified atom stereocenters. The molecule has 6 heteroatoms. The van der Waals surface area contributed by atoms with Gasteiger partial charge in [0.15, 0.2) is 0 Å². The summed E-state index contributed by atoms with van der Waals surface area (Å²) in [6, 6.07) is 8.46. The van der Waals surface area contributed by atoms with E-state index in [2.05, 4.69) is 0 Å². The van der Waals surface area contributed by atoms with E-state index in [0.717, 1.165) is 0 Å². The van der Waals surface area contributed by atoms with Crippen LogP contribution in [0.3, 0.4) is 0 Å². The second kappa shape index (κ2) is 6.78. The van der Waals surface area contributed by atoms with Gasteiger partial charge < -0.3 is 19.3 Å². The van der Waals surface area contributed by atoms with Gasteiger partial charge in [0.05, 0.1) is 11.0 Å². The lowest BCUT2D eigenvalue weighted by atomic mass is 9.96. The fraction of sp³-hybridized carbons (Fsp3) is 0.474. The molecular weight excluding hydrogens is 320 g/mol. The summed E-state index contributed by atoms with van der Waals surface area (Å²) in [5.41, 5.74) is -2.29. The average molecular weight is 352 g/mol. The Labute approximate surface area is 159 Å². The Morgan fingerprint density at radius 1 is 1.00 bits per heavy atom. The molecule has 1 aromatic carbocycles. The van der Waals surface area contributed by atoms with E-state index in [4.69, 9.17) is 20.4 Å². The highest BCUT2D eigenvalue weighted by atomic mass is 16.6. The Hall–Kier alpha value is -2.50. The maximum atomic E-state index is 12.5. The van der Waals surface area contributed by atoms with Crippen LogP contribution in [0.5, 0.6) is 0 Å². The van der Waals surface area contributed by atoms with E-state index in [1.807, 2.05) is 0 Å². The van der Waals surface area contributed by atoms with Crippen LogP contribution in [-0.4, -0.2) is 53.6 Å². The van der Waals surface area contributed by atoms with Gasteiger partial charge in [-0.25, -0.2) is 9.59 Å². The average Bonchev–Trinajstić information content (AvgIpc) is 2.62. The van der Waals surface area contributed by atoms with Crippen LogP contribution < -0.4 is 0 Å². The van der Waals surface area contributed by atoms with Crippen LogP contribution in [0.4, 0.5) is 9.59 Å². The smallest absolute Gasteiger partial charge is 0.410 e. The minimum absolute atomic E-state index is 0.146. The predicted octanol–water partition coefficient (Wildman–Crippen LogP) is 3.19. The van der Waals surface area contributed by atoms with Crippen molar-refractivity contribution in [2.75, 3.05) is 26.0 Å². The van der Waals surface area contributed by atoms with E-state index in [9.17, 15) is 9.59 Å². The highest BCUT2D eigenvalue weighted by molar-refractivity contribution is 5.72. The predicted molar refractivity (Wildman–Crippen MR) is 93.0 cm³/mol. The molecule has 6 nitrogen and oxygen atoms in total. The first kappa shape index (κ1) is 9.85. The molecule has 2 aliphatic heterocycles. The van der Waals surface area contributed by atoms with E-state index >= 15 is 0 Å². The number of hydrogen-bond donors (Lipinski definition) is 0. The molecule has 25 heavy (non-hydrogen) atoms. The van der Waals surface area contributed by atoms with Crippen molar-refractivity contribution < 1.29 is 30.0 Å². The van der Waals surface area contributed by atoms with Crippen molar-refractivity contribution in [3.63, 3.8) is 0 Å². The van der Waals surface area contributed by atoms with Gasteiger partial charge in [-0.3, -0.25) is 0 Å². The zero-order valence-corrected chi connectivity index (χ0v) is 14.1. The Bertz CT molecular complexity index is 969. The molecule has 0 spiro atoms. The monoisotopic (exact) mass is 352 g/mol. The molecule has 134 valence electrons. The fourth-order valence-electron chi connectivity index (χ4n) is 1.94. The quantitative estimate of drug-likeness (QED) is 0.767. The van der Waals surface area contributed by atoms with Crippen molar-refractivity contribution in [2.24, 2.45) is 0 Å². The first-order chi connectivity index (χ1) is 14.9. The van der Waals surface area contributed by atoms with Gasteiger partial charge in [-0.2, -0.15) is 0 Å². The SMILES string of the molecule is [2H]C1([2H])C(=C2C([2H])([2H])N(C(=O)OC(C)(C)C)C2([2H])[2H])C([2H])([2H])N1C(=O)OCc1ccccc1. The third-order valence-corrected chi connectivity index (χ3v) is 3.11. The molecule has 0 bridgehead atoms. The zero-order chi connectivity index (χ0) is 25.2. The topological polar surface area (TPSA) is 59.1 Å². The van der Waals surface area contributed by atoms with Crippen LogP contribution >= 0.6 is 0 Å². The van der Waals surface area contributed by atoms with E-state index in [0.29, 0.717) is 5.56 Å². The first-order valence-electron chi connectivity index (χ1n) is 11.7. The van der Waals surface area contributed by atoms with Gasteiger partial charge in [0.2, 0.25) is 0 Å². The minimum atomic E-state index is -2.90. The van der Waals surface area contributed by atoms with Gasteiger partial charge in [-0.15, -0.1) is 0 Å². The first-order valence-corrected chi connectivity index (χ1v) is 7.67. The van der Waals surface area contributed by atoms with Gasteiger partial charge in [-0.1, -0.05) is 30.3 Å². The van der Waals surface area contributed by atoms with E-state index in [1.54, 1.807) is 30.3 Å². The Morgan fingerprint density at radius 2 is 1.52 bits per heavy atom. The summed E-state index contributed by atoms with van der Waals surface area (Å²) in [7, 11) is 0. The molecule has 0 aliphatic carbocycles. The van der Waals surface area contributed by atoms with Gasteiger partial charge >= 0.3 is 12.2 Å². The van der Waals surface area contributed by atoms with E-state index < -0.39 is 54.9 Å². The molecule has 0 radical (unpaired) electrons. The van der Waals surface area contributed by atoms with E-state index in [-0.39, 0.29) is 16.4 Å². The van der Waals surface area contributed by atoms with Crippen LogP contribution in [0.25, 0.3) is 0 Å². The van der Waals surface area contributed by atoms with Crippen molar-refractivity contribution in [3.8, 4) is 0 Å². The Kier molecular flexibility index (Phi) is 2.67. The molecular formula is C19H24N2O4. The van der Waals surface area contributed by atoms with E-state index in [1.165, 1.54) is 20.8 Å². The summed E-state index contributed by atoms with van der Waals surface area (Å²) in [6.45, 7) is -7.28. The molecule has 0 aromatic heterocycles. The van der Waals surface area contributed by atoms with Crippen LogP contribution in [-0.2, 0) is 16.1 Å². The van der Waals surface area contributed by atoms with Crippen LogP contribution in [0.1, 0.15) is 37.3 Å². The van der Waals surface area contributed by atoms with Crippen molar-refractivity contribution in [2.45, 2.75) is 33.0 Å². The number of ether oxygens (including phenoxy) is 2.